The number of hydrogen-bond acceptors (Lipinski definition) is 7. The zero-order valence-corrected chi connectivity index (χ0v) is 19.6. The van der Waals surface area contributed by atoms with Crippen molar-refractivity contribution in [2.45, 2.75) is 38.0 Å². The lowest BCUT2D eigenvalue weighted by Crippen LogP contribution is -2.48. The van der Waals surface area contributed by atoms with E-state index in [0.29, 0.717) is 18.0 Å². The molecule has 0 saturated carbocycles. The number of pyridine rings is 1. The van der Waals surface area contributed by atoms with Crippen LogP contribution in [-0.2, 0) is 29.9 Å². The maximum Gasteiger partial charge on any atom is 0.259 e. The molecule has 7 nitrogen and oxygen atoms in total. The second kappa shape index (κ2) is 9.72. The zero-order valence-electron chi connectivity index (χ0n) is 18.0. The molecular formula is C23H27N5O2S2. The average molecular weight is 470 g/mol. The maximum absolute atomic E-state index is 12.6. The van der Waals surface area contributed by atoms with Crippen LogP contribution in [0.3, 0.4) is 0 Å². The van der Waals surface area contributed by atoms with E-state index in [1.54, 1.807) is 29.3 Å². The smallest absolute Gasteiger partial charge is 0.259 e. The van der Waals surface area contributed by atoms with Crippen molar-refractivity contribution in [3.63, 3.8) is 0 Å². The zero-order chi connectivity index (χ0) is 21.9. The van der Waals surface area contributed by atoms with Crippen molar-refractivity contribution < 1.29 is 4.79 Å². The number of amides is 1. The largest absolute Gasteiger partial charge is 0.340 e. The van der Waals surface area contributed by atoms with Crippen LogP contribution in [0, 0.1) is 0 Å². The quantitative estimate of drug-likeness (QED) is 0.536. The molecule has 1 fully saturated rings. The topological polar surface area (TPSA) is 82.2 Å². The van der Waals surface area contributed by atoms with Gasteiger partial charge in [0.2, 0.25) is 5.91 Å². The highest BCUT2D eigenvalue weighted by molar-refractivity contribution is 7.98. The predicted molar refractivity (Wildman–Crippen MR) is 129 cm³/mol. The van der Waals surface area contributed by atoms with E-state index in [1.807, 2.05) is 17.2 Å². The van der Waals surface area contributed by atoms with E-state index in [9.17, 15) is 9.59 Å². The Morgan fingerprint density at radius 3 is 2.91 bits per heavy atom. The average Bonchev–Trinajstić information content (AvgIpc) is 3.39. The lowest BCUT2D eigenvalue weighted by atomic mass is 10.2. The number of aromatic nitrogens is 3. The van der Waals surface area contributed by atoms with Crippen LogP contribution in [0.1, 0.15) is 34.7 Å². The number of nitrogens with zero attached hydrogens (tertiary/aromatic N) is 4. The number of nitrogens with one attached hydrogen (secondary N) is 1. The first-order valence-electron chi connectivity index (χ1n) is 11.2. The van der Waals surface area contributed by atoms with Gasteiger partial charge in [0.15, 0.2) is 0 Å². The Morgan fingerprint density at radius 2 is 2.09 bits per heavy atom. The van der Waals surface area contributed by atoms with Crippen molar-refractivity contribution in [2.24, 2.45) is 0 Å². The van der Waals surface area contributed by atoms with Crippen LogP contribution in [0.25, 0.3) is 10.2 Å². The predicted octanol–water partition coefficient (Wildman–Crippen LogP) is 2.84. The second-order valence-electron chi connectivity index (χ2n) is 8.37. The van der Waals surface area contributed by atoms with E-state index in [1.165, 1.54) is 16.0 Å². The molecule has 1 N–H and O–H groups in total. The molecule has 1 amide bonds. The van der Waals surface area contributed by atoms with Gasteiger partial charge >= 0.3 is 0 Å². The van der Waals surface area contributed by atoms with Gasteiger partial charge in [-0.2, -0.15) is 11.8 Å². The van der Waals surface area contributed by atoms with Crippen LogP contribution in [0.4, 0.5) is 0 Å². The fraction of sp³-hybridized carbons (Fsp3) is 0.478. The molecule has 1 aliphatic heterocycles. The summed E-state index contributed by atoms with van der Waals surface area (Å²) in [5.41, 5.74) is 2.41. The third kappa shape index (κ3) is 4.74. The van der Waals surface area contributed by atoms with Gasteiger partial charge in [-0.15, -0.1) is 11.3 Å². The lowest BCUT2D eigenvalue weighted by Gasteiger charge is -2.34. The third-order valence-corrected chi connectivity index (χ3v) is 8.33. The van der Waals surface area contributed by atoms with Crippen molar-refractivity contribution >= 4 is 39.2 Å². The van der Waals surface area contributed by atoms with Gasteiger partial charge in [0.25, 0.3) is 5.56 Å². The normalized spacial score (nSPS) is 16.6. The molecule has 0 atom stereocenters. The van der Waals surface area contributed by atoms with E-state index in [0.717, 1.165) is 68.0 Å². The highest BCUT2D eigenvalue weighted by Crippen LogP contribution is 2.34. The molecule has 0 aromatic carbocycles. The number of aryl methyl sites for hydroxylation is 2. The van der Waals surface area contributed by atoms with Crippen molar-refractivity contribution in [1.29, 1.82) is 0 Å². The molecule has 3 aromatic heterocycles. The summed E-state index contributed by atoms with van der Waals surface area (Å²) < 4.78 is 0. The van der Waals surface area contributed by atoms with Crippen LogP contribution in [0.5, 0.6) is 0 Å². The summed E-state index contributed by atoms with van der Waals surface area (Å²) in [7, 11) is 0. The SMILES string of the molecule is O=C(CCSCc1nc2sc3c(c2c(=O)[nH]1)CCC3)N1CCN(Cc2cccnc2)CC1. The monoisotopic (exact) mass is 469 g/mol. The van der Waals surface area contributed by atoms with Crippen LogP contribution in [0.15, 0.2) is 29.3 Å². The van der Waals surface area contributed by atoms with E-state index in [-0.39, 0.29) is 11.5 Å². The molecule has 1 aliphatic carbocycles. The fourth-order valence-corrected chi connectivity index (χ4v) is 6.58. The summed E-state index contributed by atoms with van der Waals surface area (Å²) in [4.78, 5) is 43.5. The Hall–Kier alpha value is -2.23. The summed E-state index contributed by atoms with van der Waals surface area (Å²) >= 11 is 3.33. The van der Waals surface area contributed by atoms with Crippen LogP contribution in [0.2, 0.25) is 0 Å². The standard InChI is InChI=1S/C23H27N5O2S2/c29-20(28-10-8-27(9-11-28)14-16-3-2-7-24-13-16)6-12-31-15-19-25-22(30)21-17-4-1-5-18(17)32-23(21)26-19/h2-3,7,13H,1,4-6,8-12,14-15H2,(H,25,26,30). The van der Waals surface area contributed by atoms with Crippen molar-refractivity contribution in [1.82, 2.24) is 24.8 Å². The summed E-state index contributed by atoms with van der Waals surface area (Å²) in [6, 6.07) is 4.05. The molecule has 0 radical (unpaired) electrons. The van der Waals surface area contributed by atoms with Gasteiger partial charge < -0.3 is 9.88 Å². The Labute approximate surface area is 195 Å². The molecule has 5 rings (SSSR count). The second-order valence-corrected chi connectivity index (χ2v) is 10.6. The van der Waals surface area contributed by atoms with E-state index >= 15 is 0 Å². The summed E-state index contributed by atoms with van der Waals surface area (Å²) in [5.74, 6) is 2.28. The molecule has 0 bridgehead atoms. The van der Waals surface area contributed by atoms with Crippen molar-refractivity contribution in [3.8, 4) is 0 Å². The number of hydrogen-bond donors (Lipinski definition) is 1. The Kier molecular flexibility index (Phi) is 6.56. The Morgan fingerprint density at radius 1 is 1.22 bits per heavy atom. The van der Waals surface area contributed by atoms with Crippen molar-refractivity contribution in [3.05, 3.63) is 56.7 Å². The van der Waals surface area contributed by atoms with Crippen LogP contribution < -0.4 is 5.56 Å². The number of aromatic amines is 1. The van der Waals surface area contributed by atoms with Crippen LogP contribution in [-0.4, -0.2) is 62.6 Å². The summed E-state index contributed by atoms with van der Waals surface area (Å²) in [5, 5.41) is 0.800. The molecule has 0 unspecified atom stereocenters. The molecular weight excluding hydrogens is 442 g/mol. The van der Waals surface area contributed by atoms with E-state index in [4.69, 9.17) is 0 Å². The number of carbonyl (C=O) groups is 1. The molecule has 9 heteroatoms. The molecule has 168 valence electrons. The summed E-state index contributed by atoms with van der Waals surface area (Å²) in [6.45, 7) is 4.22. The van der Waals surface area contributed by atoms with Crippen molar-refractivity contribution in [2.75, 3.05) is 31.9 Å². The minimum Gasteiger partial charge on any atom is -0.340 e. The number of H-pyrrole nitrogens is 1. The van der Waals surface area contributed by atoms with E-state index in [2.05, 4.69) is 25.9 Å². The molecule has 4 heterocycles. The minimum absolute atomic E-state index is 0.00905. The molecule has 3 aromatic rings. The van der Waals surface area contributed by atoms with Gasteiger partial charge in [-0.1, -0.05) is 6.07 Å². The molecule has 1 saturated heterocycles. The van der Waals surface area contributed by atoms with Gasteiger partial charge in [-0.3, -0.25) is 19.5 Å². The highest BCUT2D eigenvalue weighted by atomic mass is 32.2. The first-order chi connectivity index (χ1) is 15.7. The van der Waals surface area contributed by atoms with Gasteiger partial charge in [-0.25, -0.2) is 4.98 Å². The van der Waals surface area contributed by atoms with Gasteiger partial charge in [0.05, 0.1) is 11.1 Å². The van der Waals surface area contributed by atoms with Gasteiger partial charge in [0, 0.05) is 62.2 Å². The number of fused-ring (bicyclic) bond motifs is 3. The Bertz CT molecular complexity index is 1150. The Balaban J connectivity index is 1.06. The third-order valence-electron chi connectivity index (χ3n) is 6.18. The lowest BCUT2D eigenvalue weighted by molar-refractivity contribution is -0.132. The van der Waals surface area contributed by atoms with Crippen LogP contribution >= 0.6 is 23.1 Å². The van der Waals surface area contributed by atoms with Gasteiger partial charge in [0.1, 0.15) is 10.7 Å². The maximum atomic E-state index is 12.6. The van der Waals surface area contributed by atoms with E-state index < -0.39 is 0 Å². The molecule has 2 aliphatic rings. The number of rotatable bonds is 7. The molecule has 0 spiro atoms. The summed E-state index contributed by atoms with van der Waals surface area (Å²) in [6.07, 6.45) is 7.42. The first-order valence-corrected chi connectivity index (χ1v) is 13.1. The first kappa shape index (κ1) is 21.6. The number of piperazine rings is 1. The minimum atomic E-state index is -0.00905. The highest BCUT2D eigenvalue weighted by Gasteiger charge is 2.22. The number of thioether (sulfide) groups is 1. The van der Waals surface area contributed by atoms with Gasteiger partial charge in [-0.05, 0) is 36.5 Å². The number of carbonyl (C=O) groups excluding carboxylic acids is 1. The fourth-order valence-electron chi connectivity index (χ4n) is 4.51. The molecule has 32 heavy (non-hydrogen) atoms. The number of thiophene rings is 1.